The van der Waals surface area contributed by atoms with E-state index in [1.807, 2.05) is 18.2 Å². The van der Waals surface area contributed by atoms with Crippen LogP contribution in [0.4, 0.5) is 4.39 Å². The summed E-state index contributed by atoms with van der Waals surface area (Å²) in [5.41, 5.74) is 1.31. The van der Waals surface area contributed by atoms with Crippen LogP contribution >= 0.6 is 11.6 Å². The highest BCUT2D eigenvalue weighted by Gasteiger charge is 2.07. The molecule has 1 heterocycles. The molecule has 1 aromatic carbocycles. The first kappa shape index (κ1) is 15.4. The smallest absolute Gasteiger partial charge is 0.220 e. The standard InChI is InChI=1S/C16H16ClFN2O/c17-14-5-3-6-15(18)13(14)9-11-20-16(21)8-7-12-4-1-2-10-19-12/h1-6,10H,7-9,11H2,(H,20,21). The van der Waals surface area contributed by atoms with Crippen LogP contribution in [0.25, 0.3) is 0 Å². The van der Waals surface area contributed by atoms with Crippen LogP contribution in [0, 0.1) is 5.82 Å². The number of halogens is 2. The molecule has 2 rings (SSSR count). The number of rotatable bonds is 6. The highest BCUT2D eigenvalue weighted by atomic mass is 35.5. The van der Waals surface area contributed by atoms with E-state index in [0.717, 1.165) is 5.69 Å². The Morgan fingerprint density at radius 2 is 2.05 bits per heavy atom. The number of nitrogens with zero attached hydrogens (tertiary/aromatic N) is 1. The number of nitrogens with one attached hydrogen (secondary N) is 1. The second-order valence-electron chi connectivity index (χ2n) is 4.62. The first-order valence-corrected chi connectivity index (χ1v) is 7.14. The summed E-state index contributed by atoms with van der Waals surface area (Å²) >= 11 is 5.93. The lowest BCUT2D eigenvalue weighted by atomic mass is 10.1. The summed E-state index contributed by atoms with van der Waals surface area (Å²) in [5.74, 6) is -0.418. The van der Waals surface area contributed by atoms with Crippen molar-refractivity contribution in [1.82, 2.24) is 10.3 Å². The number of aryl methyl sites for hydroxylation is 1. The van der Waals surface area contributed by atoms with Crippen molar-refractivity contribution in [3.8, 4) is 0 Å². The Morgan fingerprint density at radius 1 is 1.19 bits per heavy atom. The Balaban J connectivity index is 1.75. The van der Waals surface area contributed by atoms with E-state index in [2.05, 4.69) is 10.3 Å². The molecule has 1 amide bonds. The van der Waals surface area contributed by atoms with E-state index >= 15 is 0 Å². The van der Waals surface area contributed by atoms with E-state index in [1.165, 1.54) is 6.07 Å². The Morgan fingerprint density at radius 3 is 2.76 bits per heavy atom. The molecule has 0 bridgehead atoms. The van der Waals surface area contributed by atoms with Crippen molar-refractivity contribution >= 4 is 17.5 Å². The molecule has 110 valence electrons. The van der Waals surface area contributed by atoms with Crippen LogP contribution in [0.15, 0.2) is 42.6 Å². The summed E-state index contributed by atoms with van der Waals surface area (Å²) in [7, 11) is 0. The van der Waals surface area contributed by atoms with Crippen LogP contribution in [-0.4, -0.2) is 17.4 Å². The van der Waals surface area contributed by atoms with Gasteiger partial charge < -0.3 is 5.32 Å². The predicted molar refractivity (Wildman–Crippen MR) is 80.7 cm³/mol. The molecule has 5 heteroatoms. The Hall–Kier alpha value is -1.94. The summed E-state index contributed by atoms with van der Waals surface area (Å²) in [5, 5.41) is 3.15. The van der Waals surface area contributed by atoms with Crippen molar-refractivity contribution in [3.63, 3.8) is 0 Å². The molecule has 1 N–H and O–H groups in total. The molecule has 0 aliphatic rings. The predicted octanol–water partition coefficient (Wildman–Crippen LogP) is 3.17. The van der Waals surface area contributed by atoms with Gasteiger partial charge in [-0.25, -0.2) is 4.39 Å². The summed E-state index contributed by atoms with van der Waals surface area (Å²) in [6.45, 7) is 0.363. The quantitative estimate of drug-likeness (QED) is 0.890. The molecule has 0 atom stereocenters. The zero-order valence-corrected chi connectivity index (χ0v) is 12.2. The molecule has 0 aliphatic heterocycles. The van der Waals surface area contributed by atoms with Gasteiger partial charge in [-0.1, -0.05) is 23.7 Å². The average molecular weight is 307 g/mol. The van der Waals surface area contributed by atoms with Crippen LogP contribution in [0.5, 0.6) is 0 Å². The zero-order chi connectivity index (χ0) is 15.1. The fraction of sp³-hybridized carbons (Fsp3) is 0.250. The number of carbonyl (C=O) groups excluding carboxylic acids is 1. The van der Waals surface area contributed by atoms with Gasteiger partial charge in [0.25, 0.3) is 0 Å². The molecular weight excluding hydrogens is 291 g/mol. The van der Waals surface area contributed by atoms with Crippen molar-refractivity contribution in [2.75, 3.05) is 6.54 Å². The summed E-state index contributed by atoms with van der Waals surface area (Å²) < 4.78 is 13.5. The highest BCUT2D eigenvalue weighted by molar-refractivity contribution is 6.31. The fourth-order valence-corrected chi connectivity index (χ4v) is 2.23. The minimum absolute atomic E-state index is 0.0758. The Kier molecular flexibility index (Phi) is 5.69. The lowest BCUT2D eigenvalue weighted by Gasteiger charge is -2.07. The second kappa shape index (κ2) is 7.74. The van der Waals surface area contributed by atoms with Gasteiger partial charge in [-0.3, -0.25) is 9.78 Å². The van der Waals surface area contributed by atoms with E-state index in [1.54, 1.807) is 18.3 Å². The molecule has 1 aromatic heterocycles. The first-order valence-electron chi connectivity index (χ1n) is 6.76. The van der Waals surface area contributed by atoms with Gasteiger partial charge in [0, 0.05) is 35.4 Å². The zero-order valence-electron chi connectivity index (χ0n) is 11.5. The van der Waals surface area contributed by atoms with Gasteiger partial charge in [0.1, 0.15) is 5.82 Å². The van der Waals surface area contributed by atoms with Crippen molar-refractivity contribution in [2.24, 2.45) is 0 Å². The lowest BCUT2D eigenvalue weighted by Crippen LogP contribution is -2.26. The molecule has 0 spiro atoms. The fourth-order valence-electron chi connectivity index (χ4n) is 1.97. The molecule has 0 fully saturated rings. The Labute approximate surface area is 128 Å². The van der Waals surface area contributed by atoms with Crippen LogP contribution in [0.2, 0.25) is 5.02 Å². The summed E-state index contributed by atoms with van der Waals surface area (Å²) in [4.78, 5) is 15.9. The largest absolute Gasteiger partial charge is 0.356 e. The number of benzene rings is 1. The molecule has 0 saturated heterocycles. The molecule has 0 radical (unpaired) electrons. The molecule has 0 unspecified atom stereocenters. The maximum Gasteiger partial charge on any atom is 0.220 e. The van der Waals surface area contributed by atoms with E-state index in [-0.39, 0.29) is 11.7 Å². The topological polar surface area (TPSA) is 42.0 Å². The van der Waals surface area contributed by atoms with Crippen LogP contribution in [0.1, 0.15) is 17.7 Å². The molecular formula is C16H16ClFN2O. The average Bonchev–Trinajstić information content (AvgIpc) is 2.49. The summed E-state index contributed by atoms with van der Waals surface area (Å²) in [6, 6.07) is 10.2. The minimum atomic E-state index is -0.342. The van der Waals surface area contributed by atoms with Crippen molar-refractivity contribution in [2.45, 2.75) is 19.3 Å². The maximum absolute atomic E-state index is 13.5. The van der Waals surface area contributed by atoms with Crippen molar-refractivity contribution < 1.29 is 9.18 Å². The number of aromatic nitrogens is 1. The molecule has 21 heavy (non-hydrogen) atoms. The number of amides is 1. The van der Waals surface area contributed by atoms with Crippen molar-refractivity contribution in [3.05, 3.63) is 64.7 Å². The monoisotopic (exact) mass is 306 g/mol. The SMILES string of the molecule is O=C(CCc1ccccn1)NCCc1c(F)cccc1Cl. The lowest BCUT2D eigenvalue weighted by molar-refractivity contribution is -0.121. The van der Waals surface area contributed by atoms with Gasteiger partial charge in [0.15, 0.2) is 0 Å². The molecule has 0 saturated carbocycles. The van der Waals surface area contributed by atoms with E-state index in [9.17, 15) is 9.18 Å². The van der Waals surface area contributed by atoms with Gasteiger partial charge in [0.2, 0.25) is 5.91 Å². The van der Waals surface area contributed by atoms with Gasteiger partial charge in [-0.15, -0.1) is 0 Å². The molecule has 0 aliphatic carbocycles. The third-order valence-electron chi connectivity index (χ3n) is 3.09. The normalized spacial score (nSPS) is 10.4. The van der Waals surface area contributed by atoms with Crippen LogP contribution in [0.3, 0.4) is 0 Å². The van der Waals surface area contributed by atoms with Crippen molar-refractivity contribution in [1.29, 1.82) is 0 Å². The van der Waals surface area contributed by atoms with E-state index in [0.29, 0.717) is 36.4 Å². The summed E-state index contributed by atoms with van der Waals surface area (Å²) in [6.07, 6.45) is 3.03. The van der Waals surface area contributed by atoms with E-state index in [4.69, 9.17) is 11.6 Å². The van der Waals surface area contributed by atoms with Gasteiger partial charge >= 0.3 is 0 Å². The number of carbonyl (C=O) groups is 1. The molecule has 2 aromatic rings. The number of hydrogen-bond donors (Lipinski definition) is 1. The number of hydrogen-bond acceptors (Lipinski definition) is 2. The van der Waals surface area contributed by atoms with Crippen LogP contribution in [-0.2, 0) is 17.6 Å². The third-order valence-corrected chi connectivity index (χ3v) is 3.45. The van der Waals surface area contributed by atoms with Gasteiger partial charge in [-0.2, -0.15) is 0 Å². The van der Waals surface area contributed by atoms with Crippen LogP contribution < -0.4 is 5.32 Å². The minimum Gasteiger partial charge on any atom is -0.356 e. The second-order valence-corrected chi connectivity index (χ2v) is 5.03. The third kappa shape index (κ3) is 4.83. The molecule has 3 nitrogen and oxygen atoms in total. The Bertz CT molecular complexity index is 584. The first-order chi connectivity index (χ1) is 10.2. The maximum atomic E-state index is 13.5. The van der Waals surface area contributed by atoms with Gasteiger partial charge in [-0.05, 0) is 37.1 Å². The van der Waals surface area contributed by atoms with Gasteiger partial charge in [0.05, 0.1) is 0 Å². The highest BCUT2D eigenvalue weighted by Crippen LogP contribution is 2.18. The number of pyridine rings is 1. The van der Waals surface area contributed by atoms with E-state index < -0.39 is 0 Å².